The first-order valence-electron chi connectivity index (χ1n) is 6.46. The Labute approximate surface area is 132 Å². The molecule has 1 fully saturated rings. The number of benzene rings is 1. The molecule has 132 valence electrons. The number of nitro benzene ring substituents is 2. The van der Waals surface area contributed by atoms with E-state index in [4.69, 9.17) is 16.6 Å². The lowest BCUT2D eigenvalue weighted by atomic mass is 9.92. The van der Waals surface area contributed by atoms with Gasteiger partial charge in [-0.1, -0.05) is 12.8 Å². The predicted molar refractivity (Wildman–Crippen MR) is 87.9 cm³/mol. The summed E-state index contributed by atoms with van der Waals surface area (Å²) in [5.41, 5.74) is 9.95. The van der Waals surface area contributed by atoms with E-state index < -0.39 is 21.2 Å². The number of rotatable bonds is 2. The van der Waals surface area contributed by atoms with Crippen LogP contribution in [0.15, 0.2) is 18.2 Å². The molecule has 0 aliphatic heterocycles. The SMILES string of the molecule is NC1CCCCC1N.O.O=[N+]([O-])c1ccc(O)cc1[N+](=O)[O-].[HH].[HH].[HH].[HH]. The number of nitro groups is 2. The van der Waals surface area contributed by atoms with Gasteiger partial charge >= 0.3 is 11.4 Å². The molecule has 1 aromatic rings. The van der Waals surface area contributed by atoms with E-state index in [0.717, 1.165) is 31.0 Å². The maximum atomic E-state index is 10.3. The number of hydrogen-bond acceptors (Lipinski definition) is 7. The maximum absolute atomic E-state index is 10.3. The number of phenols is 1. The first kappa shape index (κ1) is 19.7. The number of nitrogens with zero attached hydrogens (tertiary/aromatic N) is 2. The zero-order valence-corrected chi connectivity index (χ0v) is 11.8. The average Bonchev–Trinajstić information content (AvgIpc) is 2.42. The summed E-state index contributed by atoms with van der Waals surface area (Å²) in [4.78, 5) is 18.7. The zero-order valence-electron chi connectivity index (χ0n) is 11.8. The molecule has 1 saturated carbocycles. The van der Waals surface area contributed by atoms with Crippen LogP contribution >= 0.6 is 0 Å². The van der Waals surface area contributed by atoms with Crippen LogP contribution in [-0.4, -0.2) is 32.5 Å². The molecule has 10 nitrogen and oxygen atoms in total. The second kappa shape index (κ2) is 8.87. The third-order valence-corrected chi connectivity index (χ3v) is 3.23. The van der Waals surface area contributed by atoms with Crippen molar-refractivity contribution in [1.82, 2.24) is 0 Å². The van der Waals surface area contributed by atoms with Gasteiger partial charge in [-0.15, -0.1) is 0 Å². The molecule has 0 radical (unpaired) electrons. The van der Waals surface area contributed by atoms with E-state index in [1.807, 2.05) is 0 Å². The number of phenolic OH excluding ortho intramolecular Hbond substituents is 1. The summed E-state index contributed by atoms with van der Waals surface area (Å²) in [5.74, 6) is -0.377. The highest BCUT2D eigenvalue weighted by Crippen LogP contribution is 2.29. The van der Waals surface area contributed by atoms with Crippen molar-refractivity contribution in [3.8, 4) is 5.75 Å². The first-order chi connectivity index (χ1) is 9.82. The van der Waals surface area contributed by atoms with Gasteiger partial charge < -0.3 is 22.1 Å². The van der Waals surface area contributed by atoms with Gasteiger partial charge in [0.15, 0.2) is 0 Å². The van der Waals surface area contributed by atoms with Gasteiger partial charge in [-0.05, 0) is 18.9 Å². The molecule has 2 unspecified atom stereocenters. The molecule has 0 heterocycles. The normalized spacial score (nSPS) is 20.1. The Morgan fingerprint density at radius 3 is 1.86 bits per heavy atom. The van der Waals surface area contributed by atoms with Gasteiger partial charge in [-0.3, -0.25) is 20.2 Å². The van der Waals surface area contributed by atoms with Crippen LogP contribution in [0.5, 0.6) is 5.75 Å². The summed E-state index contributed by atoms with van der Waals surface area (Å²) in [6, 6.07) is 3.20. The van der Waals surface area contributed by atoms with E-state index in [9.17, 15) is 20.2 Å². The molecule has 2 atom stereocenters. The van der Waals surface area contributed by atoms with Gasteiger partial charge in [0.05, 0.1) is 15.9 Å². The summed E-state index contributed by atoms with van der Waals surface area (Å²) in [6.07, 6.45) is 4.80. The lowest BCUT2D eigenvalue weighted by molar-refractivity contribution is -0.422. The molecule has 0 amide bonds. The van der Waals surface area contributed by atoms with Crippen molar-refractivity contribution in [2.75, 3.05) is 0 Å². The molecule has 1 aliphatic carbocycles. The molecular weight excluding hydrogens is 296 g/mol. The second-order valence-electron chi connectivity index (χ2n) is 4.80. The smallest absolute Gasteiger partial charge is 0.349 e. The van der Waals surface area contributed by atoms with E-state index in [2.05, 4.69) is 0 Å². The van der Waals surface area contributed by atoms with Gasteiger partial charge in [-0.25, -0.2) is 0 Å². The van der Waals surface area contributed by atoms with Crippen LogP contribution in [-0.2, 0) is 0 Å². The third kappa shape index (κ3) is 5.60. The Balaban J connectivity index is -0.000000101. The van der Waals surface area contributed by atoms with Crippen molar-refractivity contribution in [2.24, 2.45) is 11.5 Å². The number of hydrogen-bond donors (Lipinski definition) is 3. The fourth-order valence-electron chi connectivity index (χ4n) is 2.00. The molecule has 0 saturated heterocycles. The summed E-state index contributed by atoms with van der Waals surface area (Å²) < 4.78 is 0. The fourth-order valence-corrected chi connectivity index (χ4v) is 2.00. The van der Waals surface area contributed by atoms with Crippen LogP contribution in [0.3, 0.4) is 0 Å². The van der Waals surface area contributed by atoms with Gasteiger partial charge in [0, 0.05) is 23.9 Å². The molecule has 10 heteroatoms. The number of nitrogens with two attached hydrogens (primary N) is 2. The highest BCUT2D eigenvalue weighted by Gasteiger charge is 2.23. The Morgan fingerprint density at radius 1 is 1.05 bits per heavy atom. The quantitative estimate of drug-likeness (QED) is 0.543. The van der Waals surface area contributed by atoms with Crippen molar-refractivity contribution in [3.05, 3.63) is 38.4 Å². The minimum atomic E-state index is -0.919. The van der Waals surface area contributed by atoms with Crippen molar-refractivity contribution < 1.29 is 26.1 Å². The van der Waals surface area contributed by atoms with E-state index in [1.54, 1.807) is 0 Å². The minimum Gasteiger partial charge on any atom is -0.508 e. The van der Waals surface area contributed by atoms with E-state index in [1.165, 1.54) is 12.8 Å². The Morgan fingerprint density at radius 2 is 1.50 bits per heavy atom. The largest absolute Gasteiger partial charge is 0.508 e. The fraction of sp³-hybridized carbons (Fsp3) is 0.500. The first-order valence-corrected chi connectivity index (χ1v) is 6.46. The number of aromatic hydroxyl groups is 1. The van der Waals surface area contributed by atoms with Crippen LogP contribution < -0.4 is 11.5 Å². The zero-order chi connectivity index (χ0) is 16.0. The molecule has 0 aromatic heterocycles. The monoisotopic (exact) mass is 324 g/mol. The molecule has 1 aromatic carbocycles. The second-order valence-corrected chi connectivity index (χ2v) is 4.80. The van der Waals surface area contributed by atoms with E-state index in [0.29, 0.717) is 0 Å². The van der Waals surface area contributed by atoms with Gasteiger partial charge in [0.25, 0.3) is 0 Å². The maximum Gasteiger partial charge on any atom is 0.349 e. The van der Waals surface area contributed by atoms with Gasteiger partial charge in [-0.2, -0.15) is 0 Å². The van der Waals surface area contributed by atoms with Crippen LogP contribution in [0.2, 0.25) is 0 Å². The van der Waals surface area contributed by atoms with Crippen LogP contribution in [0.1, 0.15) is 31.4 Å². The predicted octanol–water partition coefficient (Wildman–Crippen LogP) is 1.58. The molecule has 2 rings (SSSR count). The topological polar surface area (TPSA) is 190 Å². The Kier molecular flexibility index (Phi) is 7.94. The summed E-state index contributed by atoms with van der Waals surface area (Å²) in [5, 5.41) is 29.4. The molecule has 7 N–H and O–H groups in total. The molecule has 1 aliphatic rings. The lowest BCUT2D eigenvalue weighted by Gasteiger charge is -2.24. The summed E-state index contributed by atoms with van der Waals surface area (Å²) >= 11 is 0. The third-order valence-electron chi connectivity index (χ3n) is 3.23. The van der Waals surface area contributed by atoms with Crippen LogP contribution in [0.25, 0.3) is 0 Å². The lowest BCUT2D eigenvalue weighted by Crippen LogP contribution is -2.43. The van der Waals surface area contributed by atoms with Crippen molar-refractivity contribution in [3.63, 3.8) is 0 Å². The summed E-state index contributed by atoms with van der Waals surface area (Å²) in [6.45, 7) is 0. The minimum absolute atomic E-state index is 0. The Hall–Kier alpha value is -2.30. The van der Waals surface area contributed by atoms with Crippen molar-refractivity contribution in [1.29, 1.82) is 0 Å². The van der Waals surface area contributed by atoms with E-state index >= 15 is 0 Å². The standard InChI is InChI=1S/C6H4N2O5.C6H14N2.H2O.4H2/c9-4-1-2-5(7(10)11)6(3-4)8(12)13;7-5-3-1-2-4-6(5)8;;;;;/h1-3,9H;5-6H,1-4,7-8H2;1H2;4*1H. The molecular formula is C12H28N4O6. The summed E-state index contributed by atoms with van der Waals surface area (Å²) in [7, 11) is 0. The highest BCUT2D eigenvalue weighted by molar-refractivity contribution is 5.55. The van der Waals surface area contributed by atoms with E-state index in [-0.39, 0.29) is 29.0 Å². The molecule has 0 spiro atoms. The van der Waals surface area contributed by atoms with Crippen molar-refractivity contribution >= 4 is 11.4 Å². The van der Waals surface area contributed by atoms with Gasteiger partial charge in [0.1, 0.15) is 5.75 Å². The van der Waals surface area contributed by atoms with Crippen molar-refractivity contribution in [2.45, 2.75) is 37.8 Å². The van der Waals surface area contributed by atoms with Crippen LogP contribution in [0.4, 0.5) is 11.4 Å². The molecule has 0 bridgehead atoms. The van der Waals surface area contributed by atoms with Crippen LogP contribution in [0, 0.1) is 20.2 Å². The highest BCUT2D eigenvalue weighted by atomic mass is 16.6. The molecule has 22 heavy (non-hydrogen) atoms. The average molecular weight is 324 g/mol. The Bertz CT molecular complexity index is 530. The van der Waals surface area contributed by atoms with Gasteiger partial charge in [0.2, 0.25) is 0 Å².